The Morgan fingerprint density at radius 1 is 1.20 bits per heavy atom. The van der Waals surface area contributed by atoms with Gasteiger partial charge in [0, 0.05) is 37.8 Å². The maximum Gasteiger partial charge on any atom is 0.120 e. The fourth-order valence-electron chi connectivity index (χ4n) is 2.66. The Morgan fingerprint density at radius 2 is 1.90 bits per heavy atom. The lowest BCUT2D eigenvalue weighted by Crippen LogP contribution is -2.45. The van der Waals surface area contributed by atoms with Crippen LogP contribution in [0.15, 0.2) is 24.3 Å². The third kappa shape index (κ3) is 4.47. The lowest BCUT2D eigenvalue weighted by atomic mass is 10.1. The van der Waals surface area contributed by atoms with Crippen molar-refractivity contribution in [1.29, 1.82) is 0 Å². The first-order valence-electron chi connectivity index (χ1n) is 7.59. The van der Waals surface area contributed by atoms with Crippen molar-refractivity contribution in [3.8, 4) is 5.75 Å². The van der Waals surface area contributed by atoms with Gasteiger partial charge in [0.15, 0.2) is 0 Å². The second-order valence-corrected chi connectivity index (χ2v) is 5.73. The summed E-state index contributed by atoms with van der Waals surface area (Å²) in [6.07, 6.45) is 1.15. The number of likely N-dealkylation sites (N-methyl/N-ethyl adjacent to an activating group) is 1. The second-order valence-electron chi connectivity index (χ2n) is 5.73. The van der Waals surface area contributed by atoms with Gasteiger partial charge in [-0.15, -0.1) is 0 Å². The van der Waals surface area contributed by atoms with E-state index in [0.717, 1.165) is 25.1 Å². The van der Waals surface area contributed by atoms with E-state index in [2.05, 4.69) is 29.1 Å². The normalized spacial score (nSPS) is 19.1. The lowest BCUT2D eigenvalue weighted by Gasteiger charge is -2.32. The van der Waals surface area contributed by atoms with Crippen LogP contribution in [0.5, 0.6) is 5.75 Å². The number of rotatable bonds is 6. The highest BCUT2D eigenvalue weighted by Crippen LogP contribution is 2.22. The van der Waals surface area contributed by atoms with Gasteiger partial charge in [0.25, 0.3) is 0 Å². The quantitative estimate of drug-likeness (QED) is 0.776. The summed E-state index contributed by atoms with van der Waals surface area (Å²) in [4.78, 5) is 4.92. The van der Waals surface area contributed by atoms with Gasteiger partial charge in [-0.25, -0.2) is 0 Å². The van der Waals surface area contributed by atoms with Crippen molar-refractivity contribution in [3.63, 3.8) is 0 Å². The molecule has 1 heterocycles. The smallest absolute Gasteiger partial charge is 0.120 e. The second kappa shape index (κ2) is 7.62. The lowest BCUT2D eigenvalue weighted by molar-refractivity contribution is 0.152. The van der Waals surface area contributed by atoms with E-state index < -0.39 is 0 Å². The number of hydrogen-bond acceptors (Lipinski definition) is 4. The number of phenols is 1. The number of hydrogen-bond donors (Lipinski definition) is 2. The molecule has 0 spiro atoms. The van der Waals surface area contributed by atoms with E-state index in [1.807, 2.05) is 18.2 Å². The van der Waals surface area contributed by atoms with Crippen molar-refractivity contribution < 1.29 is 5.11 Å². The summed E-state index contributed by atoms with van der Waals surface area (Å²) in [5.41, 5.74) is 0.979. The van der Waals surface area contributed by atoms with Gasteiger partial charge in [-0.05, 0) is 39.5 Å². The molecular weight excluding hydrogens is 250 g/mol. The summed E-state index contributed by atoms with van der Waals surface area (Å²) in [6.45, 7) is 8.99. The first-order chi connectivity index (χ1) is 9.66. The van der Waals surface area contributed by atoms with Gasteiger partial charge in [-0.3, -0.25) is 0 Å². The molecule has 0 radical (unpaired) electrons. The van der Waals surface area contributed by atoms with Crippen LogP contribution >= 0.6 is 0 Å². The number of piperazine rings is 1. The molecule has 0 bridgehead atoms. The van der Waals surface area contributed by atoms with Crippen LogP contribution in [-0.2, 0) is 0 Å². The fourth-order valence-corrected chi connectivity index (χ4v) is 2.66. The Balaban J connectivity index is 1.65. The number of aromatic hydroxyl groups is 1. The maximum absolute atomic E-state index is 9.81. The first-order valence-corrected chi connectivity index (χ1v) is 7.59. The van der Waals surface area contributed by atoms with Crippen LogP contribution < -0.4 is 5.32 Å². The van der Waals surface area contributed by atoms with Gasteiger partial charge in [-0.2, -0.15) is 0 Å². The summed E-state index contributed by atoms with van der Waals surface area (Å²) in [7, 11) is 2.19. The van der Waals surface area contributed by atoms with Gasteiger partial charge in [0.05, 0.1) is 0 Å². The molecule has 1 aromatic carbocycles. The zero-order chi connectivity index (χ0) is 14.4. The van der Waals surface area contributed by atoms with Gasteiger partial charge < -0.3 is 20.2 Å². The van der Waals surface area contributed by atoms with Crippen LogP contribution in [-0.4, -0.2) is 61.2 Å². The molecule has 2 N–H and O–H groups in total. The summed E-state index contributed by atoms with van der Waals surface area (Å²) in [6, 6.07) is 7.76. The highest BCUT2D eigenvalue weighted by atomic mass is 16.3. The molecule has 0 aliphatic carbocycles. The Kier molecular flexibility index (Phi) is 5.83. The van der Waals surface area contributed by atoms with Crippen LogP contribution in [0.2, 0.25) is 0 Å². The van der Waals surface area contributed by atoms with Crippen LogP contribution in [0.25, 0.3) is 0 Å². The molecule has 1 aliphatic rings. The summed E-state index contributed by atoms with van der Waals surface area (Å²) < 4.78 is 0. The third-order valence-corrected chi connectivity index (χ3v) is 4.10. The molecule has 1 aliphatic heterocycles. The van der Waals surface area contributed by atoms with Crippen LogP contribution in [0.3, 0.4) is 0 Å². The Labute approximate surface area is 122 Å². The average molecular weight is 277 g/mol. The predicted octanol–water partition coefficient (Wildman–Crippen LogP) is 1.68. The van der Waals surface area contributed by atoms with Crippen molar-refractivity contribution in [1.82, 2.24) is 15.1 Å². The summed E-state index contributed by atoms with van der Waals surface area (Å²) >= 11 is 0. The molecular formula is C16H27N3O. The Bertz CT molecular complexity index is 402. The minimum absolute atomic E-state index is 0.198. The molecule has 1 unspecified atom stereocenters. The van der Waals surface area contributed by atoms with Gasteiger partial charge in [0.2, 0.25) is 0 Å². The van der Waals surface area contributed by atoms with E-state index in [-0.39, 0.29) is 6.04 Å². The molecule has 0 aromatic heterocycles. The zero-order valence-corrected chi connectivity index (χ0v) is 12.7. The molecule has 1 atom stereocenters. The minimum Gasteiger partial charge on any atom is -0.508 e. The first kappa shape index (κ1) is 15.3. The van der Waals surface area contributed by atoms with Crippen molar-refractivity contribution in [2.24, 2.45) is 0 Å². The topological polar surface area (TPSA) is 38.7 Å². The number of phenolic OH excluding ortho intramolecular Hbond substituents is 1. The summed E-state index contributed by atoms with van der Waals surface area (Å²) in [5.74, 6) is 0.381. The Hall–Kier alpha value is -1.10. The van der Waals surface area contributed by atoms with Gasteiger partial charge in [-0.1, -0.05) is 18.2 Å². The largest absolute Gasteiger partial charge is 0.508 e. The Morgan fingerprint density at radius 3 is 2.60 bits per heavy atom. The molecule has 2 rings (SSSR count). The van der Waals surface area contributed by atoms with E-state index in [9.17, 15) is 5.11 Å². The number of para-hydroxylation sites is 1. The number of nitrogens with zero attached hydrogens (tertiary/aromatic N) is 2. The highest BCUT2D eigenvalue weighted by Gasteiger charge is 2.13. The summed E-state index contributed by atoms with van der Waals surface area (Å²) in [5, 5.41) is 13.3. The van der Waals surface area contributed by atoms with Crippen molar-refractivity contribution >= 4 is 0 Å². The van der Waals surface area contributed by atoms with E-state index in [1.54, 1.807) is 6.07 Å². The molecule has 1 aromatic rings. The minimum atomic E-state index is 0.198. The van der Waals surface area contributed by atoms with Crippen molar-refractivity contribution in [2.75, 3.05) is 46.3 Å². The predicted molar refractivity (Wildman–Crippen MR) is 83.1 cm³/mol. The number of nitrogens with one attached hydrogen (secondary N) is 1. The van der Waals surface area contributed by atoms with Crippen LogP contribution in [0.4, 0.5) is 0 Å². The molecule has 1 saturated heterocycles. The van der Waals surface area contributed by atoms with Crippen LogP contribution in [0, 0.1) is 0 Å². The maximum atomic E-state index is 9.81. The van der Waals surface area contributed by atoms with E-state index >= 15 is 0 Å². The molecule has 1 fully saturated rings. The fraction of sp³-hybridized carbons (Fsp3) is 0.625. The molecule has 0 saturated carbocycles. The molecule has 4 heteroatoms. The number of benzene rings is 1. The molecule has 0 amide bonds. The third-order valence-electron chi connectivity index (χ3n) is 4.10. The van der Waals surface area contributed by atoms with Gasteiger partial charge >= 0.3 is 0 Å². The molecule has 112 valence electrons. The average Bonchev–Trinajstić information content (AvgIpc) is 2.46. The van der Waals surface area contributed by atoms with Crippen molar-refractivity contribution in [2.45, 2.75) is 19.4 Å². The molecule has 20 heavy (non-hydrogen) atoms. The zero-order valence-electron chi connectivity index (χ0n) is 12.7. The monoisotopic (exact) mass is 277 g/mol. The van der Waals surface area contributed by atoms with Crippen LogP contribution in [0.1, 0.15) is 24.9 Å². The van der Waals surface area contributed by atoms with Crippen molar-refractivity contribution in [3.05, 3.63) is 29.8 Å². The van der Waals surface area contributed by atoms with E-state index in [0.29, 0.717) is 5.75 Å². The van der Waals surface area contributed by atoms with Gasteiger partial charge in [0.1, 0.15) is 5.75 Å². The standard InChI is InChI=1S/C16H27N3O/c1-14(15-6-3-4-7-16(15)20)17-8-5-9-19-12-10-18(2)11-13-19/h3-4,6-7,14,17,20H,5,8-13H2,1-2H3. The van der Waals surface area contributed by atoms with E-state index in [1.165, 1.54) is 26.2 Å². The molecule has 4 nitrogen and oxygen atoms in total. The SMILES string of the molecule is CC(NCCCN1CCN(C)CC1)c1ccccc1O. The van der Waals surface area contributed by atoms with E-state index in [4.69, 9.17) is 0 Å². The highest BCUT2D eigenvalue weighted by molar-refractivity contribution is 5.34.